The van der Waals surface area contributed by atoms with Crippen molar-refractivity contribution in [1.29, 1.82) is 0 Å². The van der Waals surface area contributed by atoms with Gasteiger partial charge in [-0.05, 0) is 57.2 Å². The Bertz CT molecular complexity index is 549. The lowest BCUT2D eigenvalue weighted by Crippen LogP contribution is -1.95. The van der Waals surface area contributed by atoms with E-state index in [1.165, 1.54) is 16.7 Å². The molecule has 0 heterocycles. The molecule has 2 rings (SSSR count). The number of nitrogens with two attached hydrogens (primary N) is 1. The lowest BCUT2D eigenvalue weighted by Gasteiger charge is -2.12. The molecule has 0 saturated heterocycles. The Morgan fingerprint density at radius 2 is 1.78 bits per heavy atom. The molecule has 0 aromatic heterocycles. The maximum absolute atomic E-state index is 5.92. The van der Waals surface area contributed by atoms with E-state index < -0.39 is 0 Å². The second-order valence-electron chi connectivity index (χ2n) is 4.08. The average molecular weight is 306 g/mol. The lowest BCUT2D eigenvalue weighted by molar-refractivity contribution is 0.415. The van der Waals surface area contributed by atoms with Crippen molar-refractivity contribution in [3.8, 4) is 16.9 Å². The van der Waals surface area contributed by atoms with Gasteiger partial charge in [0.25, 0.3) is 0 Å². The summed E-state index contributed by atoms with van der Waals surface area (Å²) in [6.45, 7) is 2.13. The van der Waals surface area contributed by atoms with E-state index in [0.29, 0.717) is 0 Å². The van der Waals surface area contributed by atoms with Gasteiger partial charge in [0.1, 0.15) is 5.75 Å². The minimum atomic E-state index is 0.782. The van der Waals surface area contributed by atoms with Crippen LogP contribution in [0.5, 0.6) is 5.75 Å². The SMILES string of the molecule is CCc1c(-c2ccc(OC)cc2)ccc(N)c1Br. The van der Waals surface area contributed by atoms with E-state index >= 15 is 0 Å². The highest BCUT2D eigenvalue weighted by atomic mass is 79.9. The minimum Gasteiger partial charge on any atom is -0.497 e. The van der Waals surface area contributed by atoms with Gasteiger partial charge < -0.3 is 10.5 Å². The van der Waals surface area contributed by atoms with Crippen LogP contribution in [0.1, 0.15) is 12.5 Å². The summed E-state index contributed by atoms with van der Waals surface area (Å²) in [6.07, 6.45) is 0.937. The number of hydrogen-bond acceptors (Lipinski definition) is 2. The molecule has 0 bridgehead atoms. The van der Waals surface area contributed by atoms with E-state index in [-0.39, 0.29) is 0 Å². The van der Waals surface area contributed by atoms with Crippen LogP contribution in [0.3, 0.4) is 0 Å². The van der Waals surface area contributed by atoms with Gasteiger partial charge in [0, 0.05) is 10.2 Å². The number of methoxy groups -OCH3 is 1. The number of ether oxygens (including phenoxy) is 1. The minimum absolute atomic E-state index is 0.782. The Morgan fingerprint density at radius 3 is 2.33 bits per heavy atom. The van der Waals surface area contributed by atoms with Gasteiger partial charge >= 0.3 is 0 Å². The van der Waals surface area contributed by atoms with Crippen molar-refractivity contribution in [1.82, 2.24) is 0 Å². The van der Waals surface area contributed by atoms with Gasteiger partial charge in [-0.3, -0.25) is 0 Å². The standard InChI is InChI=1S/C15H16BrNO/c1-3-12-13(8-9-14(17)15(12)16)10-4-6-11(18-2)7-5-10/h4-9H,3,17H2,1-2H3. The molecule has 0 aliphatic heterocycles. The predicted molar refractivity (Wildman–Crippen MR) is 79.9 cm³/mol. The molecule has 94 valence electrons. The summed E-state index contributed by atoms with van der Waals surface area (Å²) in [6, 6.07) is 12.1. The maximum Gasteiger partial charge on any atom is 0.118 e. The first kappa shape index (κ1) is 13.0. The first-order valence-corrected chi connectivity index (χ1v) is 6.68. The zero-order valence-corrected chi connectivity index (χ0v) is 12.1. The summed E-state index contributed by atoms with van der Waals surface area (Å²) in [4.78, 5) is 0. The largest absolute Gasteiger partial charge is 0.497 e. The molecule has 0 spiro atoms. The van der Waals surface area contributed by atoms with Crippen LogP contribution in [-0.4, -0.2) is 7.11 Å². The van der Waals surface area contributed by atoms with Gasteiger partial charge in [-0.25, -0.2) is 0 Å². The summed E-state index contributed by atoms with van der Waals surface area (Å²) in [5, 5.41) is 0. The molecule has 0 atom stereocenters. The van der Waals surface area contributed by atoms with E-state index in [1.54, 1.807) is 7.11 Å². The number of halogens is 1. The molecule has 0 unspecified atom stereocenters. The predicted octanol–water partition coefficient (Wildman–Crippen LogP) is 4.27. The third-order valence-corrected chi connectivity index (χ3v) is 3.96. The Kier molecular flexibility index (Phi) is 3.92. The summed E-state index contributed by atoms with van der Waals surface area (Å²) >= 11 is 3.57. The molecule has 0 radical (unpaired) electrons. The molecule has 0 saturated carbocycles. The van der Waals surface area contributed by atoms with Crippen molar-refractivity contribution >= 4 is 21.6 Å². The molecule has 18 heavy (non-hydrogen) atoms. The molecule has 0 aliphatic carbocycles. The highest BCUT2D eigenvalue weighted by Gasteiger charge is 2.09. The molecule has 2 nitrogen and oxygen atoms in total. The van der Waals surface area contributed by atoms with E-state index in [1.807, 2.05) is 18.2 Å². The molecular formula is C15H16BrNO. The quantitative estimate of drug-likeness (QED) is 0.860. The van der Waals surface area contributed by atoms with Gasteiger partial charge in [0.15, 0.2) is 0 Å². The summed E-state index contributed by atoms with van der Waals surface area (Å²) in [7, 11) is 1.67. The van der Waals surface area contributed by atoms with Crippen molar-refractivity contribution in [2.24, 2.45) is 0 Å². The second kappa shape index (κ2) is 5.44. The highest BCUT2D eigenvalue weighted by Crippen LogP contribution is 2.34. The van der Waals surface area contributed by atoms with Gasteiger partial charge in [-0.2, -0.15) is 0 Å². The monoisotopic (exact) mass is 305 g/mol. The van der Waals surface area contributed by atoms with Crippen molar-refractivity contribution < 1.29 is 4.74 Å². The molecule has 3 heteroatoms. The van der Waals surface area contributed by atoms with Crippen LogP contribution in [0.2, 0.25) is 0 Å². The normalized spacial score (nSPS) is 10.4. The first-order valence-electron chi connectivity index (χ1n) is 5.88. The topological polar surface area (TPSA) is 35.2 Å². The van der Waals surface area contributed by atoms with Crippen LogP contribution in [0.25, 0.3) is 11.1 Å². The number of nitrogen functional groups attached to an aromatic ring is 1. The zero-order valence-electron chi connectivity index (χ0n) is 10.5. The Balaban J connectivity index is 2.52. The second-order valence-corrected chi connectivity index (χ2v) is 4.87. The van der Waals surface area contributed by atoms with Crippen LogP contribution in [0, 0.1) is 0 Å². The van der Waals surface area contributed by atoms with Gasteiger partial charge in [0.2, 0.25) is 0 Å². The number of anilines is 1. The number of benzene rings is 2. The smallest absolute Gasteiger partial charge is 0.118 e. The molecule has 0 aliphatic rings. The van der Waals surface area contributed by atoms with Crippen LogP contribution in [0.4, 0.5) is 5.69 Å². The Morgan fingerprint density at radius 1 is 1.11 bits per heavy atom. The molecule has 2 N–H and O–H groups in total. The van der Waals surface area contributed by atoms with E-state index in [4.69, 9.17) is 10.5 Å². The van der Waals surface area contributed by atoms with Gasteiger partial charge in [-0.15, -0.1) is 0 Å². The third kappa shape index (κ3) is 2.36. The average Bonchev–Trinajstić information content (AvgIpc) is 2.42. The van der Waals surface area contributed by atoms with Crippen molar-refractivity contribution in [3.63, 3.8) is 0 Å². The fourth-order valence-corrected chi connectivity index (χ4v) is 2.65. The Hall–Kier alpha value is -1.48. The van der Waals surface area contributed by atoms with E-state index in [0.717, 1.165) is 22.3 Å². The molecule has 0 amide bonds. The van der Waals surface area contributed by atoms with Crippen molar-refractivity contribution in [2.45, 2.75) is 13.3 Å². The third-order valence-electron chi connectivity index (χ3n) is 3.03. The van der Waals surface area contributed by atoms with Crippen LogP contribution in [-0.2, 0) is 6.42 Å². The molecular weight excluding hydrogens is 290 g/mol. The van der Waals surface area contributed by atoms with E-state index in [9.17, 15) is 0 Å². The van der Waals surface area contributed by atoms with Crippen molar-refractivity contribution in [3.05, 3.63) is 46.4 Å². The fraction of sp³-hybridized carbons (Fsp3) is 0.200. The van der Waals surface area contributed by atoms with Crippen LogP contribution in [0.15, 0.2) is 40.9 Å². The maximum atomic E-state index is 5.92. The summed E-state index contributed by atoms with van der Waals surface area (Å²) < 4.78 is 6.17. The number of hydrogen-bond donors (Lipinski definition) is 1. The van der Waals surface area contributed by atoms with Crippen LogP contribution < -0.4 is 10.5 Å². The van der Waals surface area contributed by atoms with Crippen molar-refractivity contribution in [2.75, 3.05) is 12.8 Å². The molecule has 0 fully saturated rings. The Labute approximate surface area is 116 Å². The first-order chi connectivity index (χ1) is 8.67. The molecule has 2 aromatic carbocycles. The zero-order chi connectivity index (χ0) is 13.1. The number of rotatable bonds is 3. The van der Waals surface area contributed by atoms with Gasteiger partial charge in [0.05, 0.1) is 7.11 Å². The van der Waals surface area contributed by atoms with Crippen LogP contribution >= 0.6 is 15.9 Å². The van der Waals surface area contributed by atoms with E-state index in [2.05, 4.69) is 41.1 Å². The van der Waals surface area contributed by atoms with Gasteiger partial charge in [-0.1, -0.05) is 25.1 Å². The summed E-state index contributed by atoms with van der Waals surface area (Å²) in [5.41, 5.74) is 10.3. The lowest BCUT2D eigenvalue weighted by atomic mass is 9.97. The highest BCUT2D eigenvalue weighted by molar-refractivity contribution is 9.10. The fourth-order valence-electron chi connectivity index (χ4n) is 2.03. The summed E-state index contributed by atoms with van der Waals surface area (Å²) in [5.74, 6) is 0.867. The molecule has 2 aromatic rings.